The minimum atomic E-state index is -1.25. The average molecular weight is 321 g/mol. The van der Waals surface area contributed by atoms with Gasteiger partial charge in [-0.3, -0.25) is 14.4 Å². The predicted molar refractivity (Wildman–Crippen MR) is 79.8 cm³/mol. The van der Waals surface area contributed by atoms with Crippen LogP contribution in [0.3, 0.4) is 0 Å². The zero-order chi connectivity index (χ0) is 16.6. The van der Waals surface area contributed by atoms with Gasteiger partial charge in [-0.05, 0) is 32.3 Å². The lowest BCUT2D eigenvalue weighted by atomic mass is 10.1. The van der Waals surface area contributed by atoms with Gasteiger partial charge in [-0.2, -0.15) is 11.8 Å². The zero-order valence-corrected chi connectivity index (χ0v) is 13.1. The number of amides is 2. The van der Waals surface area contributed by atoms with E-state index in [0.29, 0.717) is 12.2 Å². The lowest BCUT2D eigenvalue weighted by Gasteiger charge is -2.23. The average Bonchev–Trinajstić information content (AvgIpc) is 2.40. The van der Waals surface area contributed by atoms with Crippen LogP contribution < -0.4 is 16.4 Å². The molecule has 0 radical (unpaired) electrons. The predicted octanol–water partition coefficient (Wildman–Crippen LogP) is -1.48. The van der Waals surface area contributed by atoms with Crippen molar-refractivity contribution >= 4 is 29.5 Å². The van der Waals surface area contributed by atoms with Gasteiger partial charge in [0.2, 0.25) is 11.8 Å². The van der Waals surface area contributed by atoms with Crippen molar-refractivity contribution in [2.24, 2.45) is 5.73 Å². The smallest absolute Gasteiger partial charge is 0.325 e. The van der Waals surface area contributed by atoms with Gasteiger partial charge in [0.1, 0.15) is 12.1 Å². The summed E-state index contributed by atoms with van der Waals surface area (Å²) in [5.74, 6) is -1.86. The molecule has 0 unspecified atom stereocenters. The molecule has 0 saturated carbocycles. The highest BCUT2D eigenvalue weighted by Crippen LogP contribution is 2.01. The number of thioether (sulfide) groups is 1. The summed E-state index contributed by atoms with van der Waals surface area (Å²) < 4.78 is 0. The standard InChI is InChI=1S/C12H23N3O5S/c1-6(12(19)20)14-11(18)9(7(2)16)15-10(17)8(13)4-5-21-3/h6-9,16H,4-5,13H2,1-3H3,(H,14,18)(H,15,17)(H,19,20)/t6-,7+,8-,9-/m0/s1. The van der Waals surface area contributed by atoms with Crippen LogP contribution in [0.25, 0.3) is 0 Å². The second-order valence-electron chi connectivity index (χ2n) is 4.68. The van der Waals surface area contributed by atoms with Crippen molar-refractivity contribution in [3.63, 3.8) is 0 Å². The lowest BCUT2D eigenvalue weighted by molar-refractivity contribution is -0.142. The number of carboxylic acids is 1. The molecule has 0 rings (SSSR count). The van der Waals surface area contributed by atoms with E-state index in [4.69, 9.17) is 10.8 Å². The number of carboxylic acid groups (broad SMARTS) is 1. The molecule has 8 nitrogen and oxygen atoms in total. The Hall–Kier alpha value is -1.32. The summed E-state index contributed by atoms with van der Waals surface area (Å²) in [5.41, 5.74) is 5.67. The highest BCUT2D eigenvalue weighted by atomic mass is 32.2. The molecule has 0 aromatic rings. The summed E-state index contributed by atoms with van der Waals surface area (Å²) in [6, 6.07) is -3.16. The van der Waals surface area contributed by atoms with Crippen LogP contribution in [0.5, 0.6) is 0 Å². The van der Waals surface area contributed by atoms with Crippen LogP contribution in [0.2, 0.25) is 0 Å². The Morgan fingerprint density at radius 3 is 2.19 bits per heavy atom. The number of aliphatic hydroxyl groups excluding tert-OH is 1. The summed E-state index contributed by atoms with van der Waals surface area (Å²) in [6.07, 6.45) is 1.14. The van der Waals surface area contributed by atoms with Gasteiger partial charge in [0, 0.05) is 0 Å². The van der Waals surface area contributed by atoms with E-state index in [9.17, 15) is 19.5 Å². The molecule has 0 spiro atoms. The summed E-state index contributed by atoms with van der Waals surface area (Å²) in [4.78, 5) is 34.4. The molecule has 0 fully saturated rings. The number of nitrogens with one attached hydrogen (secondary N) is 2. The van der Waals surface area contributed by atoms with Crippen molar-refractivity contribution < 1.29 is 24.6 Å². The molecule has 0 aromatic carbocycles. The maximum Gasteiger partial charge on any atom is 0.325 e. The van der Waals surface area contributed by atoms with Crippen molar-refractivity contribution in [3.8, 4) is 0 Å². The molecule has 4 atom stereocenters. The van der Waals surface area contributed by atoms with Crippen molar-refractivity contribution in [2.75, 3.05) is 12.0 Å². The van der Waals surface area contributed by atoms with Crippen LogP contribution in [0.15, 0.2) is 0 Å². The lowest BCUT2D eigenvalue weighted by Crippen LogP contribution is -2.57. The van der Waals surface area contributed by atoms with E-state index in [1.807, 2.05) is 6.26 Å². The van der Waals surface area contributed by atoms with Crippen LogP contribution >= 0.6 is 11.8 Å². The first-order valence-corrected chi connectivity index (χ1v) is 7.86. The van der Waals surface area contributed by atoms with Crippen molar-refractivity contribution in [1.82, 2.24) is 10.6 Å². The highest BCUT2D eigenvalue weighted by Gasteiger charge is 2.29. The van der Waals surface area contributed by atoms with Gasteiger partial charge in [-0.1, -0.05) is 0 Å². The normalized spacial score (nSPS) is 16.4. The van der Waals surface area contributed by atoms with Gasteiger partial charge < -0.3 is 26.6 Å². The molecule has 0 aromatic heterocycles. The Labute approximate surface area is 127 Å². The van der Waals surface area contributed by atoms with Gasteiger partial charge in [0.05, 0.1) is 12.1 Å². The number of nitrogens with two attached hydrogens (primary N) is 1. The number of aliphatic hydroxyl groups is 1. The third-order valence-corrected chi connectivity index (χ3v) is 3.41. The fourth-order valence-corrected chi connectivity index (χ4v) is 1.90. The number of rotatable bonds is 9. The molecule has 0 bridgehead atoms. The molecule has 6 N–H and O–H groups in total. The first-order chi connectivity index (χ1) is 9.70. The van der Waals surface area contributed by atoms with Crippen LogP contribution in [-0.2, 0) is 14.4 Å². The molecular weight excluding hydrogens is 298 g/mol. The number of carbonyl (C=O) groups excluding carboxylic acids is 2. The number of hydrogen-bond acceptors (Lipinski definition) is 6. The zero-order valence-electron chi connectivity index (χ0n) is 12.3. The van der Waals surface area contributed by atoms with E-state index in [2.05, 4.69) is 10.6 Å². The number of carbonyl (C=O) groups is 3. The Morgan fingerprint density at radius 1 is 1.19 bits per heavy atom. The third-order valence-electron chi connectivity index (χ3n) is 2.76. The second-order valence-corrected chi connectivity index (χ2v) is 5.67. The SMILES string of the molecule is CSCC[C@H](N)C(=O)N[C@H](C(=O)N[C@@H](C)C(=O)O)[C@@H](C)O. The fraction of sp³-hybridized carbons (Fsp3) is 0.750. The van der Waals surface area contributed by atoms with Crippen molar-refractivity contribution in [1.29, 1.82) is 0 Å². The molecule has 21 heavy (non-hydrogen) atoms. The Morgan fingerprint density at radius 2 is 1.76 bits per heavy atom. The quantitative estimate of drug-likeness (QED) is 0.349. The molecule has 9 heteroatoms. The maximum atomic E-state index is 11.9. The van der Waals surface area contributed by atoms with Gasteiger partial charge in [-0.15, -0.1) is 0 Å². The van der Waals surface area contributed by atoms with Crippen LogP contribution in [0.4, 0.5) is 0 Å². The summed E-state index contributed by atoms with van der Waals surface area (Å²) in [6.45, 7) is 2.61. The monoisotopic (exact) mass is 321 g/mol. The summed E-state index contributed by atoms with van der Waals surface area (Å²) in [7, 11) is 0. The molecule has 0 aliphatic heterocycles. The van der Waals surface area contributed by atoms with Crippen LogP contribution in [-0.4, -0.2) is 64.2 Å². The summed E-state index contributed by atoms with van der Waals surface area (Å²) >= 11 is 1.54. The van der Waals surface area contributed by atoms with Gasteiger partial charge >= 0.3 is 5.97 Å². The maximum absolute atomic E-state index is 11.9. The van der Waals surface area contributed by atoms with E-state index in [1.165, 1.54) is 25.6 Å². The summed E-state index contributed by atoms with van der Waals surface area (Å²) in [5, 5.41) is 22.8. The van der Waals surface area contributed by atoms with Crippen LogP contribution in [0.1, 0.15) is 20.3 Å². The van der Waals surface area contributed by atoms with Gasteiger partial charge in [0.15, 0.2) is 0 Å². The Balaban J connectivity index is 4.65. The first kappa shape index (κ1) is 19.7. The Bertz CT molecular complexity index is 378. The second kappa shape index (κ2) is 9.59. The third kappa shape index (κ3) is 7.30. The molecule has 0 aliphatic rings. The van der Waals surface area contributed by atoms with E-state index in [-0.39, 0.29) is 0 Å². The van der Waals surface area contributed by atoms with E-state index >= 15 is 0 Å². The first-order valence-electron chi connectivity index (χ1n) is 6.46. The molecule has 2 amide bonds. The molecule has 0 aliphatic carbocycles. The van der Waals surface area contributed by atoms with E-state index in [0.717, 1.165) is 0 Å². The Kier molecular flexibility index (Phi) is 8.98. The molecule has 0 heterocycles. The number of aliphatic carboxylic acids is 1. The molecule has 0 saturated heterocycles. The molecule has 122 valence electrons. The minimum Gasteiger partial charge on any atom is -0.480 e. The van der Waals surface area contributed by atoms with E-state index in [1.54, 1.807) is 0 Å². The van der Waals surface area contributed by atoms with Crippen molar-refractivity contribution in [2.45, 2.75) is 44.5 Å². The van der Waals surface area contributed by atoms with Gasteiger partial charge in [-0.25, -0.2) is 0 Å². The largest absolute Gasteiger partial charge is 0.480 e. The number of hydrogen-bond donors (Lipinski definition) is 5. The topological polar surface area (TPSA) is 142 Å². The highest BCUT2D eigenvalue weighted by molar-refractivity contribution is 7.98. The molecular formula is C12H23N3O5S. The van der Waals surface area contributed by atoms with Crippen molar-refractivity contribution in [3.05, 3.63) is 0 Å². The fourth-order valence-electron chi connectivity index (χ4n) is 1.41. The minimum absolute atomic E-state index is 0.437. The van der Waals surface area contributed by atoms with E-state index < -0.39 is 42.0 Å². The van der Waals surface area contributed by atoms with Gasteiger partial charge in [0.25, 0.3) is 0 Å². The van der Waals surface area contributed by atoms with Crippen LogP contribution in [0, 0.1) is 0 Å².